The molecule has 0 saturated carbocycles. The average Bonchev–Trinajstić information content (AvgIpc) is 2.63. The number of amides is 1. The summed E-state index contributed by atoms with van der Waals surface area (Å²) in [6.45, 7) is 4.17. The summed E-state index contributed by atoms with van der Waals surface area (Å²) < 4.78 is 13.1. The second-order valence-electron chi connectivity index (χ2n) is 4.81. The van der Waals surface area contributed by atoms with Gasteiger partial charge in [-0.05, 0) is 57.0 Å². The summed E-state index contributed by atoms with van der Waals surface area (Å²) in [6, 6.07) is 4.33. The second kappa shape index (κ2) is 5.48. The maximum atomic E-state index is 13.1. The van der Waals surface area contributed by atoms with Gasteiger partial charge in [0.25, 0.3) is 5.91 Å². The number of carbonyl (C=O) groups is 1. The number of rotatable bonds is 4. The molecule has 1 aromatic carbocycles. The molecule has 1 aromatic rings. The molecule has 0 radical (unpaired) electrons. The summed E-state index contributed by atoms with van der Waals surface area (Å²) in [4.78, 5) is 12.3. The lowest BCUT2D eigenvalue weighted by molar-refractivity contribution is -0.119. The maximum absolute atomic E-state index is 13.1. The fraction of sp³-hybridized carbons (Fsp3) is 0.429. The summed E-state index contributed by atoms with van der Waals surface area (Å²) in [7, 11) is 0. The average molecular weight is 263 g/mol. The van der Waals surface area contributed by atoms with E-state index in [-0.39, 0.29) is 17.6 Å². The molecule has 0 fully saturated rings. The summed E-state index contributed by atoms with van der Waals surface area (Å²) in [5.74, 6) is -0.568. The largest absolute Gasteiger partial charge is 0.330 e. The van der Waals surface area contributed by atoms with Crippen LogP contribution in [0, 0.1) is 18.7 Å². The Hall–Kier alpha value is -1.75. The predicted molar refractivity (Wildman–Crippen MR) is 73.5 cm³/mol. The van der Waals surface area contributed by atoms with Gasteiger partial charge < -0.3 is 5.73 Å². The monoisotopic (exact) mass is 263 g/mol. The first kappa shape index (κ1) is 13.7. The highest BCUT2D eigenvalue weighted by atomic mass is 19.1. The number of nitrogens with two attached hydrogens (primary N) is 1. The first-order chi connectivity index (χ1) is 9.04. The van der Waals surface area contributed by atoms with Crippen LogP contribution in [0.3, 0.4) is 0 Å². The van der Waals surface area contributed by atoms with Crippen LogP contribution in [0.15, 0.2) is 23.3 Å². The summed E-state index contributed by atoms with van der Waals surface area (Å²) in [6.07, 6.45) is 1.50. The Morgan fingerprint density at radius 3 is 2.79 bits per heavy atom. The highest BCUT2D eigenvalue weighted by molar-refractivity contribution is 6.14. The van der Waals surface area contributed by atoms with E-state index in [9.17, 15) is 9.18 Å². The predicted octanol–water partition coefficient (Wildman–Crippen LogP) is 2.21. The van der Waals surface area contributed by atoms with Gasteiger partial charge in [0.05, 0.1) is 11.6 Å². The molecule has 1 unspecified atom stereocenters. The van der Waals surface area contributed by atoms with Crippen LogP contribution in [-0.2, 0) is 4.79 Å². The summed E-state index contributed by atoms with van der Waals surface area (Å²) >= 11 is 0. The van der Waals surface area contributed by atoms with Gasteiger partial charge in [-0.25, -0.2) is 4.39 Å². The summed E-state index contributed by atoms with van der Waals surface area (Å²) in [5.41, 5.74) is 7.61. The van der Waals surface area contributed by atoms with E-state index in [1.807, 2.05) is 6.92 Å². The third-order valence-corrected chi connectivity index (χ3v) is 3.35. The standard InChI is InChI=1S/C14H18FN3O/c1-9-8-11(15)5-6-13(9)18-14(19)12(4-3-7-16)10(2)17-18/h5-6,8,12H,3-4,7,16H2,1-2H3. The Balaban J connectivity index is 2.25. The Bertz CT molecular complexity index is 527. The molecule has 0 saturated heterocycles. The fourth-order valence-corrected chi connectivity index (χ4v) is 2.29. The van der Waals surface area contributed by atoms with E-state index in [4.69, 9.17) is 5.73 Å². The van der Waals surface area contributed by atoms with Crippen LogP contribution in [0.1, 0.15) is 25.3 Å². The SMILES string of the molecule is CC1=NN(c2ccc(F)cc2C)C(=O)C1CCCN. The van der Waals surface area contributed by atoms with E-state index in [0.717, 1.165) is 12.1 Å². The third kappa shape index (κ3) is 2.66. The van der Waals surface area contributed by atoms with Crippen molar-refractivity contribution in [2.24, 2.45) is 16.8 Å². The molecule has 102 valence electrons. The molecule has 0 bridgehead atoms. The van der Waals surface area contributed by atoms with Crippen molar-refractivity contribution in [1.82, 2.24) is 0 Å². The van der Waals surface area contributed by atoms with Crippen molar-refractivity contribution in [1.29, 1.82) is 0 Å². The highest BCUT2D eigenvalue weighted by Crippen LogP contribution is 2.29. The van der Waals surface area contributed by atoms with Crippen molar-refractivity contribution >= 4 is 17.3 Å². The van der Waals surface area contributed by atoms with Crippen molar-refractivity contribution in [3.8, 4) is 0 Å². The molecule has 1 aliphatic heterocycles. The Kier molecular flexibility index (Phi) is 3.95. The van der Waals surface area contributed by atoms with Crippen LogP contribution in [0.4, 0.5) is 10.1 Å². The molecule has 1 aliphatic rings. The quantitative estimate of drug-likeness (QED) is 0.905. The summed E-state index contributed by atoms with van der Waals surface area (Å²) in [5, 5.41) is 5.68. The maximum Gasteiger partial charge on any atom is 0.256 e. The fourth-order valence-electron chi connectivity index (χ4n) is 2.29. The number of anilines is 1. The van der Waals surface area contributed by atoms with Crippen molar-refractivity contribution in [2.75, 3.05) is 11.6 Å². The molecule has 4 nitrogen and oxygen atoms in total. The van der Waals surface area contributed by atoms with E-state index < -0.39 is 0 Å². The lowest BCUT2D eigenvalue weighted by Gasteiger charge is -2.16. The molecular weight excluding hydrogens is 245 g/mol. The van der Waals surface area contributed by atoms with E-state index in [1.54, 1.807) is 13.0 Å². The molecule has 1 atom stereocenters. The minimum atomic E-state index is -0.312. The Morgan fingerprint density at radius 1 is 1.42 bits per heavy atom. The lowest BCUT2D eigenvalue weighted by atomic mass is 9.98. The number of aryl methyl sites for hydroxylation is 1. The van der Waals surface area contributed by atoms with E-state index in [2.05, 4.69) is 5.10 Å². The van der Waals surface area contributed by atoms with Crippen LogP contribution >= 0.6 is 0 Å². The molecular formula is C14H18FN3O. The molecule has 2 N–H and O–H groups in total. The molecule has 2 rings (SSSR count). The number of hydrogen-bond donors (Lipinski definition) is 1. The molecule has 0 spiro atoms. The van der Waals surface area contributed by atoms with Gasteiger partial charge in [-0.2, -0.15) is 10.1 Å². The zero-order valence-electron chi connectivity index (χ0n) is 11.2. The van der Waals surface area contributed by atoms with E-state index >= 15 is 0 Å². The first-order valence-electron chi connectivity index (χ1n) is 6.40. The van der Waals surface area contributed by atoms with Gasteiger partial charge in [0.1, 0.15) is 5.82 Å². The molecule has 1 heterocycles. The van der Waals surface area contributed by atoms with Gasteiger partial charge in [-0.1, -0.05) is 0 Å². The normalized spacial score (nSPS) is 18.9. The van der Waals surface area contributed by atoms with Crippen LogP contribution in [-0.4, -0.2) is 18.2 Å². The zero-order valence-corrected chi connectivity index (χ0v) is 11.2. The molecule has 5 heteroatoms. The minimum Gasteiger partial charge on any atom is -0.330 e. The van der Waals surface area contributed by atoms with Crippen molar-refractivity contribution in [3.05, 3.63) is 29.6 Å². The topological polar surface area (TPSA) is 58.7 Å². The van der Waals surface area contributed by atoms with Gasteiger partial charge in [-0.15, -0.1) is 0 Å². The van der Waals surface area contributed by atoms with Gasteiger partial charge in [0.15, 0.2) is 0 Å². The van der Waals surface area contributed by atoms with Crippen LogP contribution in [0.2, 0.25) is 0 Å². The van der Waals surface area contributed by atoms with Crippen LogP contribution in [0.5, 0.6) is 0 Å². The van der Waals surface area contributed by atoms with Crippen LogP contribution < -0.4 is 10.7 Å². The van der Waals surface area contributed by atoms with Crippen molar-refractivity contribution < 1.29 is 9.18 Å². The van der Waals surface area contributed by atoms with Gasteiger partial charge in [0.2, 0.25) is 0 Å². The third-order valence-electron chi connectivity index (χ3n) is 3.35. The number of nitrogens with zero attached hydrogens (tertiary/aromatic N) is 2. The number of hydrogen-bond acceptors (Lipinski definition) is 3. The van der Waals surface area contributed by atoms with Gasteiger partial charge in [0, 0.05) is 5.71 Å². The van der Waals surface area contributed by atoms with Crippen LogP contribution in [0.25, 0.3) is 0 Å². The first-order valence-corrected chi connectivity index (χ1v) is 6.40. The molecule has 19 heavy (non-hydrogen) atoms. The van der Waals surface area contributed by atoms with Gasteiger partial charge >= 0.3 is 0 Å². The Labute approximate surface area is 112 Å². The lowest BCUT2D eigenvalue weighted by Crippen LogP contribution is -2.28. The Morgan fingerprint density at radius 2 is 2.16 bits per heavy atom. The smallest absolute Gasteiger partial charge is 0.256 e. The minimum absolute atomic E-state index is 0.0549. The number of halogens is 1. The highest BCUT2D eigenvalue weighted by Gasteiger charge is 2.34. The zero-order chi connectivity index (χ0) is 14.0. The van der Waals surface area contributed by atoms with Crippen molar-refractivity contribution in [2.45, 2.75) is 26.7 Å². The second-order valence-corrected chi connectivity index (χ2v) is 4.81. The van der Waals surface area contributed by atoms with Gasteiger partial charge in [-0.3, -0.25) is 4.79 Å². The molecule has 0 aromatic heterocycles. The molecule has 0 aliphatic carbocycles. The number of benzene rings is 1. The van der Waals surface area contributed by atoms with E-state index in [0.29, 0.717) is 24.2 Å². The number of hydrazone groups is 1. The molecule has 1 amide bonds. The van der Waals surface area contributed by atoms with Crippen molar-refractivity contribution in [3.63, 3.8) is 0 Å². The number of carbonyl (C=O) groups excluding carboxylic acids is 1. The van der Waals surface area contributed by atoms with E-state index in [1.165, 1.54) is 17.1 Å².